The number of hydrogen-bond donors (Lipinski definition) is 0. The second-order valence-corrected chi connectivity index (χ2v) is 6.84. The van der Waals surface area contributed by atoms with Gasteiger partial charge in [0.1, 0.15) is 23.9 Å². The highest BCUT2D eigenvalue weighted by Crippen LogP contribution is 2.19. The lowest BCUT2D eigenvalue weighted by molar-refractivity contribution is -0.132. The fraction of sp³-hybridized carbons (Fsp3) is 0.409. The first-order valence-corrected chi connectivity index (χ1v) is 9.66. The molecular formula is C22H27FN2O3. The standard InChI is InChI=1S/C22H27FN2O3/c1-27-21-5-3-2-4-18(21)6-11-22(26)25-14-12-24(13-15-25)16-17-28-20-9-7-19(23)8-10-20/h2-5,7-10H,6,11-17H2,1H3. The lowest BCUT2D eigenvalue weighted by Crippen LogP contribution is -2.49. The van der Waals surface area contributed by atoms with Gasteiger partial charge in [-0.1, -0.05) is 18.2 Å². The van der Waals surface area contributed by atoms with Crippen molar-refractivity contribution in [2.24, 2.45) is 0 Å². The first-order chi connectivity index (χ1) is 13.7. The highest BCUT2D eigenvalue weighted by molar-refractivity contribution is 5.76. The molecule has 28 heavy (non-hydrogen) atoms. The average Bonchev–Trinajstić information content (AvgIpc) is 2.74. The van der Waals surface area contributed by atoms with Gasteiger partial charge in [0.15, 0.2) is 0 Å². The van der Waals surface area contributed by atoms with Crippen molar-refractivity contribution in [3.05, 3.63) is 59.9 Å². The summed E-state index contributed by atoms with van der Waals surface area (Å²) in [7, 11) is 1.65. The van der Waals surface area contributed by atoms with Crippen LogP contribution >= 0.6 is 0 Å². The van der Waals surface area contributed by atoms with Gasteiger partial charge in [-0.2, -0.15) is 0 Å². The van der Waals surface area contributed by atoms with Crippen molar-refractivity contribution in [2.45, 2.75) is 12.8 Å². The average molecular weight is 386 g/mol. The Balaban J connectivity index is 1.36. The maximum Gasteiger partial charge on any atom is 0.222 e. The normalized spacial score (nSPS) is 14.7. The molecule has 1 saturated heterocycles. The minimum Gasteiger partial charge on any atom is -0.496 e. The molecule has 1 aliphatic heterocycles. The van der Waals surface area contributed by atoms with Gasteiger partial charge in [-0.15, -0.1) is 0 Å². The number of benzene rings is 2. The molecule has 0 aliphatic carbocycles. The molecule has 0 saturated carbocycles. The molecule has 0 bridgehead atoms. The van der Waals surface area contributed by atoms with E-state index in [-0.39, 0.29) is 11.7 Å². The van der Waals surface area contributed by atoms with Crippen LogP contribution in [0.15, 0.2) is 48.5 Å². The van der Waals surface area contributed by atoms with Crippen LogP contribution in [0.25, 0.3) is 0 Å². The van der Waals surface area contributed by atoms with E-state index < -0.39 is 0 Å². The van der Waals surface area contributed by atoms with E-state index in [0.29, 0.717) is 25.2 Å². The molecule has 0 unspecified atom stereocenters. The SMILES string of the molecule is COc1ccccc1CCC(=O)N1CCN(CCOc2ccc(F)cc2)CC1. The van der Waals surface area contributed by atoms with E-state index >= 15 is 0 Å². The molecule has 1 amide bonds. The number of para-hydroxylation sites is 1. The van der Waals surface area contributed by atoms with Crippen LogP contribution < -0.4 is 9.47 Å². The van der Waals surface area contributed by atoms with Gasteiger partial charge in [-0.3, -0.25) is 9.69 Å². The highest BCUT2D eigenvalue weighted by Gasteiger charge is 2.21. The molecule has 150 valence electrons. The Kier molecular flexibility index (Phi) is 7.25. The van der Waals surface area contributed by atoms with Crippen LogP contribution in [-0.4, -0.2) is 62.1 Å². The molecule has 1 aliphatic rings. The van der Waals surface area contributed by atoms with Gasteiger partial charge in [0.05, 0.1) is 7.11 Å². The zero-order chi connectivity index (χ0) is 19.8. The van der Waals surface area contributed by atoms with Gasteiger partial charge in [-0.05, 0) is 42.3 Å². The topological polar surface area (TPSA) is 42.0 Å². The number of methoxy groups -OCH3 is 1. The fourth-order valence-electron chi connectivity index (χ4n) is 3.35. The van der Waals surface area contributed by atoms with Crippen LogP contribution in [0.2, 0.25) is 0 Å². The van der Waals surface area contributed by atoms with Gasteiger partial charge >= 0.3 is 0 Å². The van der Waals surface area contributed by atoms with Crippen LogP contribution in [-0.2, 0) is 11.2 Å². The van der Waals surface area contributed by atoms with Crippen molar-refractivity contribution in [3.63, 3.8) is 0 Å². The number of nitrogens with zero attached hydrogens (tertiary/aromatic N) is 2. The summed E-state index contributed by atoms with van der Waals surface area (Å²) in [6, 6.07) is 13.9. The molecule has 5 nitrogen and oxygen atoms in total. The summed E-state index contributed by atoms with van der Waals surface area (Å²) in [6.45, 7) is 4.50. The minimum absolute atomic E-state index is 0.188. The zero-order valence-corrected chi connectivity index (χ0v) is 16.3. The molecule has 2 aromatic rings. The predicted octanol–water partition coefficient (Wildman–Crippen LogP) is 2.99. The van der Waals surface area contributed by atoms with E-state index in [1.54, 1.807) is 19.2 Å². The van der Waals surface area contributed by atoms with Gasteiger partial charge in [0.2, 0.25) is 5.91 Å². The second-order valence-electron chi connectivity index (χ2n) is 6.84. The first-order valence-electron chi connectivity index (χ1n) is 9.66. The number of hydrogen-bond acceptors (Lipinski definition) is 4. The third kappa shape index (κ3) is 5.70. The summed E-state index contributed by atoms with van der Waals surface area (Å²) in [5.74, 6) is 1.43. The van der Waals surface area contributed by atoms with Crippen molar-refractivity contribution < 1.29 is 18.7 Å². The predicted molar refractivity (Wildman–Crippen MR) is 106 cm³/mol. The van der Waals surface area contributed by atoms with Crippen molar-refractivity contribution in [3.8, 4) is 11.5 Å². The van der Waals surface area contributed by atoms with Crippen LogP contribution in [0.3, 0.4) is 0 Å². The Bertz CT molecular complexity index is 759. The summed E-state index contributed by atoms with van der Waals surface area (Å²) in [5, 5.41) is 0. The van der Waals surface area contributed by atoms with Crippen LogP contribution in [0.5, 0.6) is 11.5 Å². The molecule has 0 radical (unpaired) electrons. The molecule has 3 rings (SSSR count). The summed E-state index contributed by atoms with van der Waals surface area (Å²) < 4.78 is 23.9. The van der Waals surface area contributed by atoms with Crippen molar-refractivity contribution in [2.75, 3.05) is 46.4 Å². The summed E-state index contributed by atoms with van der Waals surface area (Å²) in [5.41, 5.74) is 1.06. The molecular weight excluding hydrogens is 359 g/mol. The van der Waals surface area contributed by atoms with Crippen molar-refractivity contribution in [1.29, 1.82) is 0 Å². The number of piperazine rings is 1. The fourth-order valence-corrected chi connectivity index (χ4v) is 3.35. The van der Waals surface area contributed by atoms with E-state index in [9.17, 15) is 9.18 Å². The molecule has 0 atom stereocenters. The number of rotatable bonds is 8. The van der Waals surface area contributed by atoms with Gasteiger partial charge < -0.3 is 14.4 Å². The monoisotopic (exact) mass is 386 g/mol. The zero-order valence-electron chi connectivity index (χ0n) is 16.3. The molecule has 1 heterocycles. The summed E-state index contributed by atoms with van der Waals surface area (Å²) in [6.07, 6.45) is 1.18. The maximum atomic E-state index is 12.9. The lowest BCUT2D eigenvalue weighted by Gasteiger charge is -2.34. The third-order valence-corrected chi connectivity index (χ3v) is 5.02. The Hall–Kier alpha value is -2.60. The van der Waals surface area contributed by atoms with Gasteiger partial charge in [-0.25, -0.2) is 4.39 Å². The highest BCUT2D eigenvalue weighted by atomic mass is 19.1. The summed E-state index contributed by atoms with van der Waals surface area (Å²) >= 11 is 0. The van der Waals surface area contributed by atoms with E-state index in [2.05, 4.69) is 4.90 Å². The summed E-state index contributed by atoms with van der Waals surface area (Å²) in [4.78, 5) is 16.7. The van der Waals surface area contributed by atoms with Crippen LogP contribution in [0.4, 0.5) is 4.39 Å². The smallest absolute Gasteiger partial charge is 0.222 e. The molecule has 1 fully saturated rings. The van der Waals surface area contributed by atoms with E-state index in [1.165, 1.54) is 12.1 Å². The lowest BCUT2D eigenvalue weighted by atomic mass is 10.1. The molecule has 0 spiro atoms. The Morgan fingerprint density at radius 2 is 1.75 bits per heavy atom. The van der Waals surface area contributed by atoms with Crippen molar-refractivity contribution in [1.82, 2.24) is 9.80 Å². The van der Waals surface area contributed by atoms with Crippen molar-refractivity contribution >= 4 is 5.91 Å². The third-order valence-electron chi connectivity index (χ3n) is 5.02. The number of ether oxygens (including phenoxy) is 2. The number of carbonyl (C=O) groups excluding carboxylic acids is 1. The number of aryl methyl sites for hydroxylation is 1. The van der Waals surface area contributed by atoms with Gasteiger partial charge in [0.25, 0.3) is 0 Å². The Morgan fingerprint density at radius 1 is 1.04 bits per heavy atom. The Morgan fingerprint density at radius 3 is 2.46 bits per heavy atom. The quantitative estimate of drug-likeness (QED) is 0.700. The molecule has 6 heteroatoms. The maximum absolute atomic E-state index is 12.9. The first kappa shape index (κ1) is 20.1. The van der Waals surface area contributed by atoms with E-state index in [1.807, 2.05) is 29.2 Å². The number of carbonyl (C=O) groups is 1. The Labute approximate surface area is 165 Å². The van der Waals surface area contributed by atoms with Gasteiger partial charge in [0, 0.05) is 39.1 Å². The molecule has 2 aromatic carbocycles. The second kappa shape index (κ2) is 10.1. The van der Waals surface area contributed by atoms with Crippen LogP contribution in [0.1, 0.15) is 12.0 Å². The van der Waals surface area contributed by atoms with E-state index in [4.69, 9.17) is 9.47 Å². The molecule has 0 aromatic heterocycles. The number of halogens is 1. The molecule has 0 N–H and O–H groups in total. The van der Waals surface area contributed by atoms with E-state index in [0.717, 1.165) is 44.0 Å². The number of amides is 1. The minimum atomic E-state index is -0.265. The largest absolute Gasteiger partial charge is 0.496 e. The van der Waals surface area contributed by atoms with Crippen LogP contribution in [0, 0.1) is 5.82 Å².